The van der Waals surface area contributed by atoms with Gasteiger partial charge < -0.3 is 15.3 Å². The molecule has 0 aliphatic carbocycles. The average Bonchev–Trinajstić information content (AvgIpc) is 1.87. The summed E-state index contributed by atoms with van der Waals surface area (Å²) in [6.07, 6.45) is -1.08. The molecule has 0 spiro atoms. The lowest BCUT2D eigenvalue weighted by Gasteiger charge is -2.38. The van der Waals surface area contributed by atoms with Crippen LogP contribution in [0.1, 0.15) is 20.8 Å². The van der Waals surface area contributed by atoms with Crippen LogP contribution in [0.15, 0.2) is 0 Å². The van der Waals surface area contributed by atoms with Gasteiger partial charge in [-0.05, 0) is 20.8 Å². The molecule has 0 fully saturated rings. The number of aliphatic hydroxyl groups is 3. The minimum Gasteiger partial charge on any atom is -0.394 e. The van der Waals surface area contributed by atoms with Crippen molar-refractivity contribution >= 4 is 0 Å². The number of aliphatic hydroxyl groups excluding tert-OH is 2. The van der Waals surface area contributed by atoms with E-state index in [1.54, 1.807) is 6.07 Å². The Morgan fingerprint density at radius 1 is 1.50 bits per heavy atom. The van der Waals surface area contributed by atoms with Crippen LogP contribution in [0.5, 0.6) is 0 Å². The summed E-state index contributed by atoms with van der Waals surface area (Å²) in [4.78, 5) is 0. The van der Waals surface area contributed by atoms with Crippen LogP contribution in [0, 0.1) is 16.7 Å². The third-order valence-electron chi connectivity index (χ3n) is 2.25. The molecule has 0 heterocycles. The minimum atomic E-state index is -1.51. The van der Waals surface area contributed by atoms with E-state index < -0.39 is 23.7 Å². The second-order valence-electron chi connectivity index (χ2n) is 3.48. The summed E-state index contributed by atoms with van der Waals surface area (Å²) in [5, 5.41) is 36.5. The molecule has 3 N–H and O–H groups in total. The van der Waals surface area contributed by atoms with Crippen molar-refractivity contribution in [2.24, 2.45) is 5.41 Å². The fourth-order valence-electron chi connectivity index (χ4n) is 1.10. The molecule has 0 radical (unpaired) electrons. The van der Waals surface area contributed by atoms with Gasteiger partial charge in [-0.2, -0.15) is 5.26 Å². The Kier molecular flexibility index (Phi) is 3.22. The van der Waals surface area contributed by atoms with Gasteiger partial charge in [0.2, 0.25) is 0 Å². The molecule has 0 aromatic heterocycles. The summed E-state index contributed by atoms with van der Waals surface area (Å²) in [6.45, 7) is 3.58. The summed E-state index contributed by atoms with van der Waals surface area (Å²) in [6, 6.07) is 1.75. The lowest BCUT2D eigenvalue weighted by atomic mass is 9.72. The zero-order valence-corrected chi connectivity index (χ0v) is 7.57. The smallest absolute Gasteiger partial charge is 0.134 e. The van der Waals surface area contributed by atoms with Crippen molar-refractivity contribution in [3.8, 4) is 6.07 Å². The zero-order valence-electron chi connectivity index (χ0n) is 7.57. The molecule has 4 nitrogen and oxygen atoms in total. The SMILES string of the molecule is CC(O)C(C#N)(CO)C(C)(C)O. The van der Waals surface area contributed by atoms with Gasteiger partial charge in [-0.15, -0.1) is 0 Å². The van der Waals surface area contributed by atoms with Crippen LogP contribution >= 0.6 is 0 Å². The maximum absolute atomic E-state index is 9.56. The van der Waals surface area contributed by atoms with Crippen molar-refractivity contribution in [2.75, 3.05) is 6.61 Å². The Balaban J connectivity index is 5.01. The highest BCUT2D eigenvalue weighted by Gasteiger charge is 2.48. The van der Waals surface area contributed by atoms with Crippen LogP contribution in [0.25, 0.3) is 0 Å². The second kappa shape index (κ2) is 3.40. The summed E-state index contributed by atoms with van der Waals surface area (Å²) < 4.78 is 0. The second-order valence-corrected chi connectivity index (χ2v) is 3.48. The van der Waals surface area contributed by atoms with E-state index in [-0.39, 0.29) is 0 Å². The number of rotatable bonds is 3. The quantitative estimate of drug-likeness (QED) is 0.544. The van der Waals surface area contributed by atoms with Crippen molar-refractivity contribution in [1.82, 2.24) is 0 Å². The molecule has 0 rings (SSSR count). The van der Waals surface area contributed by atoms with E-state index in [2.05, 4.69) is 0 Å². The zero-order chi connectivity index (χ0) is 9.99. The van der Waals surface area contributed by atoms with Crippen LogP contribution in [0.4, 0.5) is 0 Å². The molecule has 0 bridgehead atoms. The predicted molar refractivity (Wildman–Crippen MR) is 43.1 cm³/mol. The number of hydrogen-bond acceptors (Lipinski definition) is 4. The molecule has 0 amide bonds. The number of nitriles is 1. The Labute approximate surface area is 72.1 Å². The van der Waals surface area contributed by atoms with Gasteiger partial charge in [0.15, 0.2) is 0 Å². The minimum absolute atomic E-state index is 0.565. The molecule has 0 aliphatic heterocycles. The Bertz CT molecular complexity index is 189. The van der Waals surface area contributed by atoms with Crippen LogP contribution in [0.2, 0.25) is 0 Å². The van der Waals surface area contributed by atoms with Gasteiger partial charge in [-0.3, -0.25) is 0 Å². The predicted octanol–water partition coefficient (Wildman–Crippen LogP) is -0.360. The summed E-state index contributed by atoms with van der Waals surface area (Å²) in [5.74, 6) is 0. The van der Waals surface area contributed by atoms with E-state index >= 15 is 0 Å². The van der Waals surface area contributed by atoms with E-state index in [0.717, 1.165) is 0 Å². The Hall–Kier alpha value is -0.630. The molecule has 2 atom stereocenters. The molecular formula is C8H15NO3. The fraction of sp³-hybridized carbons (Fsp3) is 0.875. The molecule has 12 heavy (non-hydrogen) atoms. The summed E-state index contributed by atoms with van der Waals surface area (Å²) in [5.41, 5.74) is -2.93. The Morgan fingerprint density at radius 2 is 1.92 bits per heavy atom. The molecule has 2 unspecified atom stereocenters. The summed E-state index contributed by atoms with van der Waals surface area (Å²) >= 11 is 0. The normalized spacial score (nSPS) is 19.4. The highest BCUT2D eigenvalue weighted by molar-refractivity contribution is 5.11. The van der Waals surface area contributed by atoms with Gasteiger partial charge in [0.05, 0.1) is 24.4 Å². The first kappa shape index (κ1) is 11.4. The largest absolute Gasteiger partial charge is 0.394 e. The third kappa shape index (κ3) is 1.58. The highest BCUT2D eigenvalue weighted by atomic mass is 16.3. The van der Waals surface area contributed by atoms with E-state index in [9.17, 15) is 10.2 Å². The molecule has 0 aliphatic rings. The first-order chi connectivity index (χ1) is 5.31. The van der Waals surface area contributed by atoms with E-state index in [0.29, 0.717) is 0 Å². The van der Waals surface area contributed by atoms with E-state index in [1.807, 2.05) is 0 Å². The lowest BCUT2D eigenvalue weighted by molar-refractivity contribution is -0.107. The topological polar surface area (TPSA) is 84.5 Å². The highest BCUT2D eigenvalue weighted by Crippen LogP contribution is 2.33. The first-order valence-electron chi connectivity index (χ1n) is 3.74. The van der Waals surface area contributed by atoms with Crippen molar-refractivity contribution in [1.29, 1.82) is 5.26 Å². The summed E-state index contributed by atoms with van der Waals surface area (Å²) in [7, 11) is 0. The molecule has 0 aromatic rings. The maximum Gasteiger partial charge on any atom is 0.134 e. The third-order valence-corrected chi connectivity index (χ3v) is 2.25. The van der Waals surface area contributed by atoms with Gasteiger partial charge in [-0.25, -0.2) is 0 Å². The molecule has 0 aromatic carbocycles. The van der Waals surface area contributed by atoms with Gasteiger partial charge >= 0.3 is 0 Å². The first-order valence-corrected chi connectivity index (χ1v) is 3.74. The molecular weight excluding hydrogens is 158 g/mol. The van der Waals surface area contributed by atoms with Gasteiger partial charge in [0, 0.05) is 0 Å². The van der Waals surface area contributed by atoms with E-state index in [1.165, 1.54) is 20.8 Å². The van der Waals surface area contributed by atoms with Crippen LogP contribution in [-0.4, -0.2) is 33.6 Å². The average molecular weight is 173 g/mol. The molecule has 0 saturated heterocycles. The van der Waals surface area contributed by atoms with Crippen molar-refractivity contribution in [3.05, 3.63) is 0 Å². The molecule has 70 valence electrons. The van der Waals surface area contributed by atoms with Gasteiger partial charge in [0.1, 0.15) is 5.41 Å². The van der Waals surface area contributed by atoms with Crippen molar-refractivity contribution in [2.45, 2.75) is 32.5 Å². The standard InChI is InChI=1S/C8H15NO3/c1-6(11)8(4-9,5-10)7(2,3)12/h6,10-12H,5H2,1-3H3. The van der Waals surface area contributed by atoms with Crippen molar-refractivity contribution < 1.29 is 15.3 Å². The van der Waals surface area contributed by atoms with Crippen molar-refractivity contribution in [3.63, 3.8) is 0 Å². The van der Waals surface area contributed by atoms with Crippen LogP contribution in [-0.2, 0) is 0 Å². The van der Waals surface area contributed by atoms with Crippen LogP contribution in [0.3, 0.4) is 0 Å². The monoisotopic (exact) mass is 173 g/mol. The fourth-order valence-corrected chi connectivity index (χ4v) is 1.10. The number of hydrogen-bond donors (Lipinski definition) is 3. The lowest BCUT2D eigenvalue weighted by Crippen LogP contribution is -2.52. The van der Waals surface area contributed by atoms with Gasteiger partial charge in [0.25, 0.3) is 0 Å². The molecule has 0 saturated carbocycles. The number of nitrogens with zero attached hydrogens (tertiary/aromatic N) is 1. The van der Waals surface area contributed by atoms with Crippen LogP contribution < -0.4 is 0 Å². The van der Waals surface area contributed by atoms with E-state index in [4.69, 9.17) is 10.4 Å². The Morgan fingerprint density at radius 3 is 1.92 bits per heavy atom. The molecule has 4 heteroatoms. The maximum atomic E-state index is 9.56. The van der Waals surface area contributed by atoms with Gasteiger partial charge in [-0.1, -0.05) is 0 Å².